The zero-order valence-electron chi connectivity index (χ0n) is 7.01. The Kier molecular flexibility index (Phi) is 3.21. The third kappa shape index (κ3) is 2.79. The predicted octanol–water partition coefficient (Wildman–Crippen LogP) is 3.04. The van der Waals surface area contributed by atoms with Crippen LogP contribution in [0.1, 0.15) is 32.1 Å². The summed E-state index contributed by atoms with van der Waals surface area (Å²) < 4.78 is 5.53. The lowest BCUT2D eigenvalue weighted by Crippen LogP contribution is -2.15. The fourth-order valence-corrected chi connectivity index (χ4v) is 1.45. The summed E-state index contributed by atoms with van der Waals surface area (Å²) in [6.45, 7) is 7.33. The van der Waals surface area contributed by atoms with Crippen LogP contribution in [0.4, 0.5) is 0 Å². The van der Waals surface area contributed by atoms with Crippen molar-refractivity contribution in [2.24, 2.45) is 0 Å². The molecule has 1 aliphatic carbocycles. The quantitative estimate of drug-likeness (QED) is 0.446. The van der Waals surface area contributed by atoms with Crippen LogP contribution in [-0.2, 0) is 4.74 Å². The zero-order valence-corrected chi connectivity index (χ0v) is 7.01. The van der Waals surface area contributed by atoms with Crippen LogP contribution in [0.3, 0.4) is 0 Å². The van der Waals surface area contributed by atoms with Gasteiger partial charge in [-0.2, -0.15) is 0 Å². The van der Waals surface area contributed by atoms with Crippen molar-refractivity contribution in [3.63, 3.8) is 0 Å². The molecule has 0 aromatic carbocycles. The molecule has 0 spiro atoms. The lowest BCUT2D eigenvalue weighted by Gasteiger charge is -2.22. The molecule has 0 aromatic rings. The highest BCUT2D eigenvalue weighted by Crippen LogP contribution is 2.21. The summed E-state index contributed by atoms with van der Waals surface area (Å²) in [5.41, 5.74) is 0. The second-order valence-electron chi connectivity index (χ2n) is 3.05. The average Bonchev–Trinajstić information content (AvgIpc) is 2.06. The molecule has 1 nitrogen and oxygen atoms in total. The van der Waals surface area contributed by atoms with E-state index in [4.69, 9.17) is 4.74 Å². The van der Waals surface area contributed by atoms with Crippen molar-refractivity contribution in [1.29, 1.82) is 0 Å². The lowest BCUT2D eigenvalue weighted by molar-refractivity contribution is 0.0910. The highest BCUT2D eigenvalue weighted by atomic mass is 16.5. The van der Waals surface area contributed by atoms with Gasteiger partial charge in [-0.05, 0) is 31.8 Å². The zero-order chi connectivity index (χ0) is 8.10. The highest BCUT2D eigenvalue weighted by Gasteiger charge is 2.13. The largest absolute Gasteiger partial charge is 0.491 e. The minimum atomic E-state index is 0.411. The average molecular weight is 152 g/mol. The SMILES string of the molecule is C=CC(=C)OC1CCCCC1. The molecule has 0 heterocycles. The van der Waals surface area contributed by atoms with Crippen LogP contribution in [0, 0.1) is 0 Å². The Morgan fingerprint density at radius 1 is 1.27 bits per heavy atom. The second-order valence-corrected chi connectivity index (χ2v) is 3.05. The van der Waals surface area contributed by atoms with Gasteiger partial charge in [-0.1, -0.05) is 19.6 Å². The van der Waals surface area contributed by atoms with Gasteiger partial charge in [0.05, 0.1) is 6.10 Å². The van der Waals surface area contributed by atoms with Crippen molar-refractivity contribution in [2.75, 3.05) is 0 Å². The minimum Gasteiger partial charge on any atom is -0.491 e. The third-order valence-electron chi connectivity index (χ3n) is 2.10. The van der Waals surface area contributed by atoms with Crippen molar-refractivity contribution in [2.45, 2.75) is 38.2 Å². The van der Waals surface area contributed by atoms with Crippen LogP contribution in [0.15, 0.2) is 25.0 Å². The first-order chi connectivity index (χ1) is 5.33. The molecule has 0 N–H and O–H groups in total. The van der Waals surface area contributed by atoms with Gasteiger partial charge in [0, 0.05) is 0 Å². The van der Waals surface area contributed by atoms with E-state index in [1.165, 1.54) is 32.1 Å². The molecule has 0 atom stereocenters. The molecule has 0 aromatic heterocycles. The van der Waals surface area contributed by atoms with E-state index in [9.17, 15) is 0 Å². The Balaban J connectivity index is 2.24. The van der Waals surface area contributed by atoms with E-state index in [0.717, 1.165) is 5.76 Å². The fourth-order valence-electron chi connectivity index (χ4n) is 1.45. The van der Waals surface area contributed by atoms with E-state index in [1.54, 1.807) is 6.08 Å². The lowest BCUT2D eigenvalue weighted by atomic mass is 9.98. The van der Waals surface area contributed by atoms with Crippen LogP contribution in [0.2, 0.25) is 0 Å². The van der Waals surface area contributed by atoms with Gasteiger partial charge in [0.15, 0.2) is 0 Å². The number of ether oxygens (including phenoxy) is 1. The molecule has 0 bridgehead atoms. The van der Waals surface area contributed by atoms with Crippen molar-refractivity contribution < 1.29 is 4.74 Å². The molecule has 0 unspecified atom stereocenters. The van der Waals surface area contributed by atoms with Gasteiger partial charge in [0.1, 0.15) is 5.76 Å². The Bertz CT molecular complexity index is 143. The smallest absolute Gasteiger partial charge is 0.111 e. The van der Waals surface area contributed by atoms with Gasteiger partial charge in [-0.25, -0.2) is 0 Å². The molecule has 0 amide bonds. The predicted molar refractivity (Wildman–Crippen MR) is 47.3 cm³/mol. The van der Waals surface area contributed by atoms with Crippen LogP contribution < -0.4 is 0 Å². The summed E-state index contributed by atoms with van der Waals surface area (Å²) in [4.78, 5) is 0. The summed E-state index contributed by atoms with van der Waals surface area (Å²) in [6, 6.07) is 0. The first-order valence-electron chi connectivity index (χ1n) is 4.31. The maximum Gasteiger partial charge on any atom is 0.111 e. The van der Waals surface area contributed by atoms with E-state index in [0.29, 0.717) is 6.10 Å². The Hall–Kier alpha value is -0.720. The molecule has 1 saturated carbocycles. The number of allylic oxidation sites excluding steroid dienone is 1. The van der Waals surface area contributed by atoms with Crippen molar-refractivity contribution >= 4 is 0 Å². The topological polar surface area (TPSA) is 9.23 Å². The molecule has 1 fully saturated rings. The molecular weight excluding hydrogens is 136 g/mol. The van der Waals surface area contributed by atoms with Gasteiger partial charge >= 0.3 is 0 Å². The van der Waals surface area contributed by atoms with Crippen molar-refractivity contribution in [3.05, 3.63) is 25.0 Å². The van der Waals surface area contributed by atoms with Gasteiger partial charge in [0.2, 0.25) is 0 Å². The summed E-state index contributed by atoms with van der Waals surface area (Å²) in [5.74, 6) is 0.719. The van der Waals surface area contributed by atoms with Crippen molar-refractivity contribution in [3.8, 4) is 0 Å². The summed E-state index contributed by atoms with van der Waals surface area (Å²) >= 11 is 0. The summed E-state index contributed by atoms with van der Waals surface area (Å²) in [5, 5.41) is 0. The molecule has 1 heteroatoms. The van der Waals surface area contributed by atoms with Crippen LogP contribution >= 0.6 is 0 Å². The summed E-state index contributed by atoms with van der Waals surface area (Å²) in [6.07, 6.45) is 8.42. The maximum atomic E-state index is 5.53. The fraction of sp³-hybridized carbons (Fsp3) is 0.600. The molecule has 1 aliphatic rings. The van der Waals surface area contributed by atoms with E-state index in [1.807, 2.05) is 0 Å². The van der Waals surface area contributed by atoms with Crippen LogP contribution in [0.25, 0.3) is 0 Å². The van der Waals surface area contributed by atoms with Crippen molar-refractivity contribution in [1.82, 2.24) is 0 Å². The van der Waals surface area contributed by atoms with Gasteiger partial charge in [-0.15, -0.1) is 0 Å². The number of hydrogen-bond acceptors (Lipinski definition) is 1. The summed E-state index contributed by atoms with van der Waals surface area (Å²) in [7, 11) is 0. The number of rotatable bonds is 3. The second kappa shape index (κ2) is 4.22. The molecule has 62 valence electrons. The normalized spacial score (nSPS) is 19.3. The van der Waals surface area contributed by atoms with Gasteiger partial charge < -0.3 is 4.74 Å². The number of hydrogen-bond donors (Lipinski definition) is 0. The maximum absolute atomic E-state index is 5.53. The first-order valence-corrected chi connectivity index (χ1v) is 4.31. The van der Waals surface area contributed by atoms with Crippen LogP contribution in [0.5, 0.6) is 0 Å². The Morgan fingerprint density at radius 3 is 2.45 bits per heavy atom. The monoisotopic (exact) mass is 152 g/mol. The van der Waals surface area contributed by atoms with E-state index in [-0.39, 0.29) is 0 Å². The first kappa shape index (κ1) is 8.38. The van der Waals surface area contributed by atoms with Gasteiger partial charge in [0.25, 0.3) is 0 Å². The Labute approximate surface area is 68.8 Å². The molecule has 11 heavy (non-hydrogen) atoms. The molecule has 1 rings (SSSR count). The Morgan fingerprint density at radius 2 is 1.91 bits per heavy atom. The van der Waals surface area contributed by atoms with Crippen LogP contribution in [-0.4, -0.2) is 6.10 Å². The van der Waals surface area contributed by atoms with Gasteiger partial charge in [-0.3, -0.25) is 0 Å². The highest BCUT2D eigenvalue weighted by molar-refractivity contribution is 5.02. The molecular formula is C10H16O. The standard InChI is InChI=1S/C10H16O/c1-3-9(2)11-10-7-5-4-6-8-10/h3,10H,1-2,4-8H2. The molecule has 0 saturated heterocycles. The van der Waals surface area contributed by atoms with E-state index < -0.39 is 0 Å². The molecule has 0 radical (unpaired) electrons. The van der Waals surface area contributed by atoms with E-state index in [2.05, 4.69) is 13.2 Å². The third-order valence-corrected chi connectivity index (χ3v) is 2.10. The molecule has 0 aliphatic heterocycles. The van der Waals surface area contributed by atoms with E-state index >= 15 is 0 Å². The minimum absolute atomic E-state index is 0.411.